The number of halogens is 1. The standard InChI is InChI=1S/C17H16ClN3O/c1-12(14-4-6-15(18)7-5-14)20-11-17(22)21-16-8-2-13(10-19)3-9-16/h2-9,12,20H,11H2,1H3,(H,21,22)/p+1/t12-/m1/s1. The predicted molar refractivity (Wildman–Crippen MR) is 86.4 cm³/mol. The van der Waals surface area contributed by atoms with Gasteiger partial charge < -0.3 is 10.6 Å². The van der Waals surface area contributed by atoms with E-state index in [0.29, 0.717) is 22.8 Å². The topological polar surface area (TPSA) is 69.5 Å². The number of benzene rings is 2. The van der Waals surface area contributed by atoms with E-state index in [-0.39, 0.29) is 11.9 Å². The van der Waals surface area contributed by atoms with Gasteiger partial charge in [0.2, 0.25) is 0 Å². The minimum atomic E-state index is -0.0782. The van der Waals surface area contributed by atoms with Gasteiger partial charge >= 0.3 is 0 Å². The Kier molecular flexibility index (Phi) is 5.54. The Morgan fingerprint density at radius 2 is 1.86 bits per heavy atom. The number of carbonyl (C=O) groups is 1. The number of hydrogen-bond acceptors (Lipinski definition) is 2. The first-order valence-corrected chi connectivity index (χ1v) is 7.35. The van der Waals surface area contributed by atoms with Gasteiger partial charge in [0, 0.05) is 16.3 Å². The van der Waals surface area contributed by atoms with Gasteiger partial charge in [0.25, 0.3) is 5.91 Å². The van der Waals surface area contributed by atoms with Crippen LogP contribution in [0, 0.1) is 11.3 Å². The van der Waals surface area contributed by atoms with Gasteiger partial charge in [-0.3, -0.25) is 4.79 Å². The highest BCUT2D eigenvalue weighted by molar-refractivity contribution is 6.30. The fourth-order valence-electron chi connectivity index (χ4n) is 2.03. The molecule has 22 heavy (non-hydrogen) atoms. The predicted octanol–water partition coefficient (Wildman–Crippen LogP) is 2.47. The highest BCUT2D eigenvalue weighted by atomic mass is 35.5. The number of carbonyl (C=O) groups excluding carboxylic acids is 1. The van der Waals surface area contributed by atoms with Gasteiger partial charge in [-0.1, -0.05) is 23.7 Å². The molecule has 112 valence electrons. The summed E-state index contributed by atoms with van der Waals surface area (Å²) >= 11 is 5.86. The third kappa shape index (κ3) is 4.59. The number of nitrogens with two attached hydrogens (primary N) is 1. The summed E-state index contributed by atoms with van der Waals surface area (Å²) in [7, 11) is 0. The van der Waals surface area contributed by atoms with Crippen molar-refractivity contribution >= 4 is 23.2 Å². The van der Waals surface area contributed by atoms with Crippen LogP contribution in [-0.4, -0.2) is 12.5 Å². The molecule has 0 aliphatic rings. The van der Waals surface area contributed by atoms with Crippen molar-refractivity contribution in [2.24, 2.45) is 0 Å². The van der Waals surface area contributed by atoms with Crippen LogP contribution in [0.3, 0.4) is 0 Å². The van der Waals surface area contributed by atoms with Gasteiger partial charge in [-0.2, -0.15) is 5.26 Å². The number of rotatable bonds is 5. The Bertz CT molecular complexity index is 675. The lowest BCUT2D eigenvalue weighted by Crippen LogP contribution is -2.86. The summed E-state index contributed by atoms with van der Waals surface area (Å²) in [6, 6.07) is 16.6. The molecular formula is C17H17ClN3O+. The Morgan fingerprint density at radius 1 is 1.23 bits per heavy atom. The molecule has 2 aromatic rings. The summed E-state index contributed by atoms with van der Waals surface area (Å²) in [5, 5.41) is 14.2. The van der Waals surface area contributed by atoms with Crippen LogP contribution in [0.4, 0.5) is 5.69 Å². The molecule has 3 N–H and O–H groups in total. The van der Waals surface area contributed by atoms with Crippen molar-refractivity contribution in [3.05, 3.63) is 64.7 Å². The minimum Gasteiger partial charge on any atom is -0.333 e. The van der Waals surface area contributed by atoms with Crippen LogP contribution < -0.4 is 10.6 Å². The molecule has 4 nitrogen and oxygen atoms in total. The second-order valence-electron chi connectivity index (χ2n) is 5.02. The van der Waals surface area contributed by atoms with Crippen LogP contribution in [0.2, 0.25) is 5.02 Å². The molecule has 0 heterocycles. The van der Waals surface area contributed by atoms with Crippen molar-refractivity contribution in [3.63, 3.8) is 0 Å². The van der Waals surface area contributed by atoms with Crippen molar-refractivity contribution in [2.75, 3.05) is 11.9 Å². The maximum Gasteiger partial charge on any atom is 0.279 e. The number of nitriles is 1. The first-order chi connectivity index (χ1) is 10.6. The molecule has 0 aliphatic carbocycles. The maximum atomic E-state index is 11.9. The molecule has 5 heteroatoms. The van der Waals surface area contributed by atoms with Crippen LogP contribution in [0.5, 0.6) is 0 Å². The molecule has 0 aromatic heterocycles. The zero-order valence-corrected chi connectivity index (χ0v) is 13.0. The van der Waals surface area contributed by atoms with Gasteiger partial charge in [0.1, 0.15) is 6.04 Å². The molecule has 0 saturated carbocycles. The average molecular weight is 315 g/mol. The van der Waals surface area contributed by atoms with Crippen LogP contribution >= 0.6 is 11.6 Å². The van der Waals surface area contributed by atoms with Gasteiger partial charge in [0.05, 0.1) is 11.6 Å². The molecule has 0 aliphatic heterocycles. The molecule has 0 unspecified atom stereocenters. The highest BCUT2D eigenvalue weighted by Gasteiger charge is 2.11. The Balaban J connectivity index is 1.84. The van der Waals surface area contributed by atoms with E-state index in [0.717, 1.165) is 5.56 Å². The van der Waals surface area contributed by atoms with Gasteiger partial charge in [-0.15, -0.1) is 0 Å². The summed E-state index contributed by atoms with van der Waals surface area (Å²) in [5.41, 5.74) is 2.38. The van der Waals surface area contributed by atoms with Gasteiger partial charge in [-0.25, -0.2) is 0 Å². The first-order valence-electron chi connectivity index (χ1n) is 6.97. The maximum absolute atomic E-state index is 11.9. The molecular weight excluding hydrogens is 298 g/mol. The summed E-state index contributed by atoms with van der Waals surface area (Å²) in [5.74, 6) is -0.0782. The van der Waals surface area contributed by atoms with Gasteiger partial charge in [-0.05, 0) is 43.3 Å². The summed E-state index contributed by atoms with van der Waals surface area (Å²) in [4.78, 5) is 11.9. The smallest absolute Gasteiger partial charge is 0.279 e. The molecule has 2 aromatic carbocycles. The number of hydrogen-bond donors (Lipinski definition) is 2. The Morgan fingerprint density at radius 3 is 2.45 bits per heavy atom. The molecule has 0 fully saturated rings. The van der Waals surface area contributed by atoms with E-state index < -0.39 is 0 Å². The fraction of sp³-hybridized carbons (Fsp3) is 0.176. The zero-order valence-electron chi connectivity index (χ0n) is 12.2. The number of amides is 1. The van der Waals surface area contributed by atoms with Crippen LogP contribution in [0.15, 0.2) is 48.5 Å². The molecule has 0 bridgehead atoms. The minimum absolute atomic E-state index is 0.0782. The van der Waals surface area contributed by atoms with Crippen LogP contribution in [-0.2, 0) is 4.79 Å². The normalized spacial score (nSPS) is 11.5. The summed E-state index contributed by atoms with van der Waals surface area (Å²) in [6.07, 6.45) is 0. The Hall–Kier alpha value is -2.35. The average Bonchev–Trinajstić information content (AvgIpc) is 2.54. The lowest BCUT2D eigenvalue weighted by atomic mass is 10.1. The number of anilines is 1. The van der Waals surface area contributed by atoms with E-state index in [4.69, 9.17) is 16.9 Å². The second-order valence-corrected chi connectivity index (χ2v) is 5.45. The van der Waals surface area contributed by atoms with Crippen molar-refractivity contribution in [1.82, 2.24) is 0 Å². The number of quaternary nitrogens is 1. The van der Waals surface area contributed by atoms with E-state index >= 15 is 0 Å². The summed E-state index contributed by atoms with van der Waals surface area (Å²) < 4.78 is 0. The van der Waals surface area contributed by atoms with Gasteiger partial charge in [0.15, 0.2) is 6.54 Å². The summed E-state index contributed by atoms with van der Waals surface area (Å²) in [6.45, 7) is 2.36. The van der Waals surface area contributed by atoms with Crippen molar-refractivity contribution in [1.29, 1.82) is 5.26 Å². The fourth-order valence-corrected chi connectivity index (χ4v) is 2.15. The lowest BCUT2D eigenvalue weighted by molar-refractivity contribution is -0.682. The van der Waals surface area contributed by atoms with E-state index in [1.165, 1.54) is 0 Å². The van der Waals surface area contributed by atoms with E-state index in [9.17, 15) is 4.79 Å². The SMILES string of the molecule is C[C@@H]([NH2+]CC(=O)Nc1ccc(C#N)cc1)c1ccc(Cl)cc1. The molecule has 1 amide bonds. The van der Waals surface area contributed by atoms with E-state index in [2.05, 4.69) is 5.32 Å². The third-order valence-corrected chi connectivity index (χ3v) is 3.60. The second kappa shape index (κ2) is 7.60. The van der Waals surface area contributed by atoms with Crippen molar-refractivity contribution in [3.8, 4) is 6.07 Å². The van der Waals surface area contributed by atoms with Crippen molar-refractivity contribution < 1.29 is 10.1 Å². The molecule has 2 rings (SSSR count). The lowest BCUT2D eigenvalue weighted by Gasteiger charge is -2.11. The molecule has 0 spiro atoms. The number of nitrogens with zero attached hydrogens (tertiary/aromatic N) is 1. The Labute approximate surface area is 134 Å². The molecule has 1 atom stereocenters. The number of nitrogens with one attached hydrogen (secondary N) is 1. The van der Waals surface area contributed by atoms with Crippen LogP contribution in [0.1, 0.15) is 24.1 Å². The quantitative estimate of drug-likeness (QED) is 0.890. The molecule has 0 radical (unpaired) electrons. The van der Waals surface area contributed by atoms with E-state index in [1.807, 2.05) is 42.6 Å². The molecule has 0 saturated heterocycles. The highest BCUT2D eigenvalue weighted by Crippen LogP contribution is 2.13. The zero-order chi connectivity index (χ0) is 15.9. The monoisotopic (exact) mass is 314 g/mol. The first kappa shape index (κ1) is 16.0. The van der Waals surface area contributed by atoms with E-state index in [1.54, 1.807) is 24.3 Å². The largest absolute Gasteiger partial charge is 0.333 e. The van der Waals surface area contributed by atoms with Crippen LogP contribution in [0.25, 0.3) is 0 Å². The van der Waals surface area contributed by atoms with Crippen molar-refractivity contribution in [2.45, 2.75) is 13.0 Å². The third-order valence-electron chi connectivity index (χ3n) is 3.35.